The number of carbonyl (C=O) groups excluding carboxylic acids is 1. The average Bonchev–Trinajstić information content (AvgIpc) is 2.34. The second kappa shape index (κ2) is 5.94. The highest BCUT2D eigenvalue weighted by Gasteiger charge is 2.26. The molecule has 0 heterocycles. The van der Waals surface area contributed by atoms with Crippen LogP contribution in [0.15, 0.2) is 24.3 Å². The lowest BCUT2D eigenvalue weighted by molar-refractivity contribution is -0.384. The fourth-order valence-electron chi connectivity index (χ4n) is 1.37. The fourth-order valence-corrected chi connectivity index (χ4v) is 1.37. The number of hydrogen-bond donors (Lipinski definition) is 1. The van der Waals surface area contributed by atoms with Crippen LogP contribution in [0.2, 0.25) is 0 Å². The van der Waals surface area contributed by atoms with Crippen LogP contribution in [0.3, 0.4) is 0 Å². The molecule has 0 aromatic heterocycles. The molecule has 0 aliphatic rings. The third-order valence-corrected chi connectivity index (χ3v) is 2.40. The predicted molar refractivity (Wildman–Crippen MR) is 64.8 cm³/mol. The zero-order chi connectivity index (χ0) is 14.6. The van der Waals surface area contributed by atoms with Crippen LogP contribution in [0.1, 0.15) is 24.2 Å². The quantitative estimate of drug-likeness (QED) is 0.495. The van der Waals surface area contributed by atoms with Gasteiger partial charge in [-0.25, -0.2) is 9.59 Å². The van der Waals surface area contributed by atoms with Crippen molar-refractivity contribution in [2.24, 2.45) is 5.92 Å². The van der Waals surface area contributed by atoms with Crippen molar-refractivity contribution in [1.29, 1.82) is 0 Å². The summed E-state index contributed by atoms with van der Waals surface area (Å²) in [5.41, 5.74) is -0.0901. The topological polar surface area (TPSA) is 107 Å². The monoisotopic (exact) mass is 267 g/mol. The van der Waals surface area contributed by atoms with Crippen molar-refractivity contribution in [3.63, 3.8) is 0 Å². The highest BCUT2D eigenvalue weighted by molar-refractivity contribution is 5.91. The third-order valence-electron chi connectivity index (χ3n) is 2.40. The smallest absolute Gasteiger partial charge is 0.345 e. The zero-order valence-electron chi connectivity index (χ0n) is 10.4. The van der Waals surface area contributed by atoms with Crippen molar-refractivity contribution in [3.8, 4) is 0 Å². The van der Waals surface area contributed by atoms with Crippen LogP contribution in [-0.2, 0) is 9.53 Å². The van der Waals surface area contributed by atoms with Gasteiger partial charge in [0.1, 0.15) is 0 Å². The number of nitro groups is 1. The number of hydrogen-bond acceptors (Lipinski definition) is 5. The summed E-state index contributed by atoms with van der Waals surface area (Å²) in [4.78, 5) is 32.4. The number of nitro benzene ring substituents is 1. The van der Waals surface area contributed by atoms with E-state index in [1.165, 1.54) is 12.1 Å². The molecule has 1 N–H and O–H groups in total. The van der Waals surface area contributed by atoms with Crippen molar-refractivity contribution in [3.05, 3.63) is 39.9 Å². The molecule has 1 rings (SSSR count). The van der Waals surface area contributed by atoms with Crippen LogP contribution in [0, 0.1) is 16.0 Å². The van der Waals surface area contributed by atoms with E-state index in [4.69, 9.17) is 9.84 Å². The van der Waals surface area contributed by atoms with Gasteiger partial charge >= 0.3 is 11.9 Å². The molecule has 0 aliphatic carbocycles. The highest BCUT2D eigenvalue weighted by atomic mass is 16.6. The zero-order valence-corrected chi connectivity index (χ0v) is 10.4. The molecule has 0 fully saturated rings. The molecule has 19 heavy (non-hydrogen) atoms. The van der Waals surface area contributed by atoms with E-state index in [2.05, 4.69) is 0 Å². The molecule has 0 saturated heterocycles. The van der Waals surface area contributed by atoms with Crippen LogP contribution in [0.5, 0.6) is 0 Å². The lowest BCUT2D eigenvalue weighted by Crippen LogP contribution is -2.31. The number of nitrogens with zero attached hydrogens (tertiary/aromatic N) is 1. The van der Waals surface area contributed by atoms with E-state index in [9.17, 15) is 19.7 Å². The molecule has 1 atom stereocenters. The summed E-state index contributed by atoms with van der Waals surface area (Å²) in [6.07, 6.45) is -1.25. The SMILES string of the molecule is CC(C)[C@H](OC(=O)c1ccc([N+](=O)[O-])cc1)C(=O)O. The molecule has 0 unspecified atom stereocenters. The van der Waals surface area contributed by atoms with Crippen LogP contribution >= 0.6 is 0 Å². The summed E-state index contributed by atoms with van der Waals surface area (Å²) < 4.78 is 4.85. The van der Waals surface area contributed by atoms with Crippen LogP contribution < -0.4 is 0 Å². The molecule has 0 bridgehead atoms. The molecule has 0 aliphatic heterocycles. The number of esters is 1. The van der Waals surface area contributed by atoms with E-state index in [-0.39, 0.29) is 17.2 Å². The Labute approximate surface area is 109 Å². The first kappa shape index (κ1) is 14.6. The lowest BCUT2D eigenvalue weighted by atomic mass is 10.1. The Hall–Kier alpha value is -2.44. The van der Waals surface area contributed by atoms with Crippen molar-refractivity contribution in [2.45, 2.75) is 20.0 Å². The maximum Gasteiger partial charge on any atom is 0.345 e. The van der Waals surface area contributed by atoms with Gasteiger partial charge < -0.3 is 9.84 Å². The third kappa shape index (κ3) is 3.77. The average molecular weight is 267 g/mol. The van der Waals surface area contributed by atoms with E-state index in [0.717, 1.165) is 12.1 Å². The van der Waals surface area contributed by atoms with E-state index in [0.29, 0.717) is 0 Å². The van der Waals surface area contributed by atoms with E-state index < -0.39 is 23.0 Å². The first-order chi connectivity index (χ1) is 8.82. The van der Waals surface area contributed by atoms with E-state index in [1.807, 2.05) is 0 Å². The Kier molecular flexibility index (Phi) is 4.57. The summed E-state index contributed by atoms with van der Waals surface area (Å²) in [6, 6.07) is 4.75. The van der Waals surface area contributed by atoms with Gasteiger partial charge in [-0.3, -0.25) is 10.1 Å². The van der Waals surface area contributed by atoms with E-state index >= 15 is 0 Å². The lowest BCUT2D eigenvalue weighted by Gasteiger charge is -2.16. The number of aliphatic carboxylic acids is 1. The Morgan fingerprint density at radius 1 is 1.26 bits per heavy atom. The van der Waals surface area contributed by atoms with Gasteiger partial charge in [0.2, 0.25) is 6.10 Å². The summed E-state index contributed by atoms with van der Waals surface area (Å²) in [5, 5.41) is 19.3. The van der Waals surface area contributed by atoms with Crippen LogP contribution in [-0.4, -0.2) is 28.1 Å². The normalized spacial score (nSPS) is 11.9. The molecule has 0 amide bonds. The van der Waals surface area contributed by atoms with Gasteiger partial charge in [-0.1, -0.05) is 13.8 Å². The van der Waals surface area contributed by atoms with Gasteiger partial charge in [0, 0.05) is 18.1 Å². The number of rotatable bonds is 5. The van der Waals surface area contributed by atoms with Gasteiger partial charge in [-0.2, -0.15) is 0 Å². The molecule has 1 aromatic rings. The molecular formula is C12H13NO6. The maximum absolute atomic E-state index is 11.7. The number of carboxylic acids is 1. The Bertz CT molecular complexity index is 493. The largest absolute Gasteiger partial charge is 0.478 e. The highest BCUT2D eigenvalue weighted by Crippen LogP contribution is 2.15. The maximum atomic E-state index is 11.7. The van der Waals surface area contributed by atoms with E-state index in [1.54, 1.807) is 13.8 Å². The molecule has 102 valence electrons. The summed E-state index contributed by atoms with van der Waals surface area (Å²) in [7, 11) is 0. The number of ether oxygens (including phenoxy) is 1. The molecule has 0 saturated carbocycles. The first-order valence-corrected chi connectivity index (χ1v) is 5.51. The molecule has 1 aromatic carbocycles. The second-order valence-electron chi connectivity index (χ2n) is 4.21. The number of benzene rings is 1. The minimum Gasteiger partial charge on any atom is -0.478 e. The molecule has 7 heteroatoms. The van der Waals surface area contributed by atoms with Gasteiger partial charge in [0.25, 0.3) is 5.69 Å². The van der Waals surface area contributed by atoms with Crippen LogP contribution in [0.4, 0.5) is 5.69 Å². The van der Waals surface area contributed by atoms with Gasteiger partial charge in [0.05, 0.1) is 10.5 Å². The summed E-state index contributed by atoms with van der Waals surface area (Å²) >= 11 is 0. The minimum absolute atomic E-state index is 0.0671. The predicted octanol–water partition coefficient (Wildman–Crippen LogP) is 1.86. The first-order valence-electron chi connectivity index (χ1n) is 5.51. The number of non-ortho nitro benzene ring substituents is 1. The number of carboxylic acid groups (broad SMARTS) is 1. The Balaban J connectivity index is 2.83. The minimum atomic E-state index is -1.25. The van der Waals surface area contributed by atoms with Crippen molar-refractivity contribution >= 4 is 17.6 Å². The Morgan fingerprint density at radius 3 is 2.16 bits per heavy atom. The summed E-state index contributed by atoms with van der Waals surface area (Å²) in [6.45, 7) is 3.23. The van der Waals surface area contributed by atoms with Crippen molar-refractivity contribution < 1.29 is 24.4 Å². The van der Waals surface area contributed by atoms with Crippen molar-refractivity contribution in [1.82, 2.24) is 0 Å². The van der Waals surface area contributed by atoms with Crippen LogP contribution in [0.25, 0.3) is 0 Å². The Morgan fingerprint density at radius 2 is 1.79 bits per heavy atom. The second-order valence-corrected chi connectivity index (χ2v) is 4.21. The summed E-state index contributed by atoms with van der Waals surface area (Å²) in [5.74, 6) is -2.43. The molecule has 0 spiro atoms. The van der Waals surface area contributed by atoms with Crippen molar-refractivity contribution in [2.75, 3.05) is 0 Å². The fraction of sp³-hybridized carbons (Fsp3) is 0.333. The van der Waals surface area contributed by atoms with Gasteiger partial charge in [-0.15, -0.1) is 0 Å². The molecular weight excluding hydrogens is 254 g/mol. The number of carbonyl (C=O) groups is 2. The standard InChI is InChI=1S/C12H13NO6/c1-7(2)10(11(14)15)19-12(16)8-3-5-9(6-4-8)13(17)18/h3-7,10H,1-2H3,(H,14,15)/t10-/m0/s1. The molecule has 0 radical (unpaired) electrons. The van der Waals surface area contributed by atoms with Gasteiger partial charge in [-0.05, 0) is 12.1 Å². The molecule has 7 nitrogen and oxygen atoms in total. The van der Waals surface area contributed by atoms with Gasteiger partial charge in [0.15, 0.2) is 0 Å².